The van der Waals surface area contributed by atoms with Crippen molar-refractivity contribution in [2.24, 2.45) is 0 Å². The molecule has 1 aromatic carbocycles. The quantitative estimate of drug-likeness (QED) is 0.698. The van der Waals surface area contributed by atoms with Gasteiger partial charge in [-0.2, -0.15) is 0 Å². The van der Waals surface area contributed by atoms with Crippen LogP contribution in [0.1, 0.15) is 35.8 Å². The summed E-state index contributed by atoms with van der Waals surface area (Å²) in [6.07, 6.45) is 2.66. The minimum absolute atomic E-state index is 0.0263. The van der Waals surface area contributed by atoms with E-state index in [1.807, 2.05) is 36.1 Å². The summed E-state index contributed by atoms with van der Waals surface area (Å²) >= 11 is 1.40. The number of aryl methyl sites for hydroxylation is 1. The van der Waals surface area contributed by atoms with Crippen molar-refractivity contribution in [3.8, 4) is 5.69 Å². The smallest absolute Gasteiger partial charge is 0.334 e. The zero-order chi connectivity index (χ0) is 20.8. The lowest BCUT2D eigenvalue weighted by molar-refractivity contribution is -0.141. The second-order valence-electron chi connectivity index (χ2n) is 7.77. The van der Waals surface area contributed by atoms with Crippen LogP contribution < -0.4 is 11.2 Å². The largest absolute Gasteiger partial charge is 0.368 e. The molecule has 0 saturated carbocycles. The minimum atomic E-state index is -0.431. The lowest BCUT2D eigenvalue weighted by Gasteiger charge is -2.28. The number of nitrogens with zero attached hydrogens (tertiary/aromatic N) is 2. The van der Waals surface area contributed by atoms with E-state index in [1.54, 1.807) is 0 Å². The molecule has 1 unspecified atom stereocenters. The van der Waals surface area contributed by atoms with E-state index in [-0.39, 0.29) is 17.6 Å². The first kappa shape index (κ1) is 19.3. The molecule has 3 aromatic rings. The number of aromatic amines is 1. The molecule has 156 valence electrons. The van der Waals surface area contributed by atoms with Gasteiger partial charge in [0.1, 0.15) is 10.9 Å². The zero-order valence-corrected chi connectivity index (χ0v) is 17.6. The molecule has 1 fully saturated rings. The maximum Gasteiger partial charge on any atom is 0.334 e. The van der Waals surface area contributed by atoms with Gasteiger partial charge in [-0.05, 0) is 42.9 Å². The average Bonchev–Trinajstić information content (AvgIpc) is 3.40. The molecule has 4 heterocycles. The summed E-state index contributed by atoms with van der Waals surface area (Å²) in [6.45, 7) is 3.66. The second kappa shape index (κ2) is 7.52. The van der Waals surface area contributed by atoms with Gasteiger partial charge in [0.05, 0.1) is 17.6 Å². The maximum absolute atomic E-state index is 13.4. The number of aromatic nitrogens is 2. The van der Waals surface area contributed by atoms with E-state index in [1.165, 1.54) is 15.9 Å². The van der Waals surface area contributed by atoms with Crippen molar-refractivity contribution in [2.45, 2.75) is 45.3 Å². The summed E-state index contributed by atoms with van der Waals surface area (Å²) in [4.78, 5) is 45.3. The van der Waals surface area contributed by atoms with Crippen LogP contribution in [0.5, 0.6) is 0 Å². The van der Waals surface area contributed by atoms with Gasteiger partial charge in [-0.3, -0.25) is 14.6 Å². The Bertz CT molecular complexity index is 1250. The van der Waals surface area contributed by atoms with Crippen LogP contribution in [0.15, 0.2) is 33.9 Å². The van der Waals surface area contributed by atoms with E-state index in [4.69, 9.17) is 4.74 Å². The highest BCUT2D eigenvalue weighted by atomic mass is 32.1. The lowest BCUT2D eigenvalue weighted by atomic mass is 10.0. The standard InChI is InChI=1S/C22H23N3O4S/c1-2-13-6-3-4-7-15(13)25-21(27)18-14-9-10-24(20(26)16-8-5-11-29-16)12-17(14)30-19(18)23-22(25)28/h3-4,6-7,16H,2,5,8-12H2,1H3,(H,23,28). The highest BCUT2D eigenvalue weighted by Crippen LogP contribution is 2.33. The number of carbonyl (C=O) groups is 1. The number of H-pyrrole nitrogens is 1. The molecule has 30 heavy (non-hydrogen) atoms. The molecule has 2 aliphatic heterocycles. The molecule has 1 amide bonds. The Hall–Kier alpha value is -2.71. The second-order valence-corrected chi connectivity index (χ2v) is 8.88. The fraction of sp³-hybridized carbons (Fsp3) is 0.409. The highest BCUT2D eigenvalue weighted by Gasteiger charge is 2.32. The summed E-state index contributed by atoms with van der Waals surface area (Å²) in [6, 6.07) is 7.49. The van der Waals surface area contributed by atoms with Crippen LogP contribution in [-0.4, -0.2) is 39.6 Å². The van der Waals surface area contributed by atoms with E-state index < -0.39 is 5.69 Å². The molecule has 1 N–H and O–H groups in total. The first-order valence-corrected chi connectivity index (χ1v) is 11.2. The minimum Gasteiger partial charge on any atom is -0.368 e. The van der Waals surface area contributed by atoms with E-state index >= 15 is 0 Å². The number of hydrogen-bond donors (Lipinski definition) is 1. The van der Waals surface area contributed by atoms with Crippen LogP contribution in [0.25, 0.3) is 15.9 Å². The van der Waals surface area contributed by atoms with Gasteiger partial charge in [0.25, 0.3) is 11.5 Å². The van der Waals surface area contributed by atoms with Gasteiger partial charge in [-0.15, -0.1) is 11.3 Å². The summed E-state index contributed by atoms with van der Waals surface area (Å²) in [5, 5.41) is 0.574. The third kappa shape index (κ3) is 3.02. The predicted octanol–water partition coefficient (Wildman–Crippen LogP) is 2.37. The maximum atomic E-state index is 13.4. The number of para-hydroxylation sites is 1. The summed E-state index contributed by atoms with van der Waals surface area (Å²) in [5.74, 6) is 0.0263. The van der Waals surface area contributed by atoms with Gasteiger partial charge in [0.15, 0.2) is 0 Å². The molecule has 0 bridgehead atoms. The lowest BCUT2D eigenvalue weighted by Crippen LogP contribution is -2.41. The number of nitrogens with one attached hydrogen (secondary N) is 1. The van der Waals surface area contributed by atoms with Crippen molar-refractivity contribution >= 4 is 27.5 Å². The van der Waals surface area contributed by atoms with Crippen molar-refractivity contribution in [1.82, 2.24) is 14.5 Å². The Morgan fingerprint density at radius 3 is 2.90 bits per heavy atom. The monoisotopic (exact) mass is 425 g/mol. The third-order valence-corrected chi connectivity index (χ3v) is 7.16. The van der Waals surface area contributed by atoms with E-state index in [0.717, 1.165) is 35.3 Å². The Balaban J connectivity index is 1.59. The molecule has 2 aromatic heterocycles. The van der Waals surface area contributed by atoms with Crippen LogP contribution >= 0.6 is 11.3 Å². The normalized spacial score (nSPS) is 18.7. The molecule has 0 radical (unpaired) electrons. The van der Waals surface area contributed by atoms with Crippen LogP contribution in [0.4, 0.5) is 0 Å². The number of benzene rings is 1. The van der Waals surface area contributed by atoms with Crippen LogP contribution in [-0.2, 0) is 28.9 Å². The summed E-state index contributed by atoms with van der Waals surface area (Å²) in [7, 11) is 0. The van der Waals surface area contributed by atoms with Gasteiger partial charge in [0.2, 0.25) is 0 Å². The fourth-order valence-corrected chi connectivity index (χ4v) is 5.73. The highest BCUT2D eigenvalue weighted by molar-refractivity contribution is 7.18. The molecule has 0 aliphatic carbocycles. The molecular formula is C22H23N3O4S. The Morgan fingerprint density at radius 2 is 2.13 bits per heavy atom. The number of fused-ring (bicyclic) bond motifs is 3. The number of ether oxygens (including phenoxy) is 1. The molecular weight excluding hydrogens is 402 g/mol. The number of thiophene rings is 1. The van der Waals surface area contributed by atoms with Gasteiger partial charge >= 0.3 is 5.69 Å². The van der Waals surface area contributed by atoms with Gasteiger partial charge in [-0.1, -0.05) is 25.1 Å². The number of rotatable bonds is 3. The number of hydrogen-bond acceptors (Lipinski definition) is 5. The SMILES string of the molecule is CCc1ccccc1-n1c(=O)[nH]c2sc3c(c2c1=O)CCN(C(=O)C1CCCO1)C3. The van der Waals surface area contributed by atoms with Crippen molar-refractivity contribution < 1.29 is 9.53 Å². The zero-order valence-electron chi connectivity index (χ0n) is 16.8. The van der Waals surface area contributed by atoms with Crippen LogP contribution in [0.2, 0.25) is 0 Å². The van der Waals surface area contributed by atoms with Crippen LogP contribution in [0, 0.1) is 0 Å². The first-order chi connectivity index (χ1) is 14.6. The summed E-state index contributed by atoms with van der Waals surface area (Å²) in [5.41, 5.74) is 1.81. The van der Waals surface area contributed by atoms with Crippen LogP contribution in [0.3, 0.4) is 0 Å². The fourth-order valence-electron chi connectivity index (χ4n) is 4.49. The molecule has 2 aliphatic rings. The van der Waals surface area contributed by atoms with Crippen molar-refractivity contribution in [1.29, 1.82) is 0 Å². The molecule has 7 nitrogen and oxygen atoms in total. The van der Waals surface area contributed by atoms with Crippen molar-refractivity contribution in [3.05, 3.63) is 61.1 Å². The predicted molar refractivity (Wildman–Crippen MR) is 116 cm³/mol. The molecule has 8 heteroatoms. The van der Waals surface area contributed by atoms with Gasteiger partial charge < -0.3 is 9.64 Å². The molecule has 1 saturated heterocycles. The van der Waals surface area contributed by atoms with Gasteiger partial charge in [-0.25, -0.2) is 9.36 Å². The topological polar surface area (TPSA) is 84.4 Å². The molecule has 0 spiro atoms. The third-order valence-electron chi connectivity index (χ3n) is 6.03. The number of amides is 1. The summed E-state index contributed by atoms with van der Waals surface area (Å²) < 4.78 is 6.80. The number of carbonyl (C=O) groups excluding carboxylic acids is 1. The average molecular weight is 426 g/mol. The van der Waals surface area contributed by atoms with Crippen molar-refractivity contribution in [2.75, 3.05) is 13.2 Å². The first-order valence-electron chi connectivity index (χ1n) is 10.4. The van der Waals surface area contributed by atoms with E-state index in [2.05, 4.69) is 4.98 Å². The van der Waals surface area contributed by atoms with Crippen molar-refractivity contribution in [3.63, 3.8) is 0 Å². The van der Waals surface area contributed by atoms with Gasteiger partial charge in [0, 0.05) is 18.0 Å². The Labute approximate surface area is 176 Å². The molecule has 5 rings (SSSR count). The molecule has 1 atom stereocenters. The van der Waals surface area contributed by atoms with E-state index in [9.17, 15) is 14.4 Å². The Morgan fingerprint density at radius 1 is 1.30 bits per heavy atom. The Kier molecular flexibility index (Phi) is 4.83. The van der Waals surface area contributed by atoms with E-state index in [0.29, 0.717) is 42.0 Å².